The first kappa shape index (κ1) is 17.0. The second kappa shape index (κ2) is 8.92. The topological polar surface area (TPSA) is 70.6 Å². The molecule has 0 saturated heterocycles. The van der Waals surface area contributed by atoms with Crippen LogP contribution in [0.2, 0.25) is 0 Å². The van der Waals surface area contributed by atoms with E-state index in [0.717, 1.165) is 22.4 Å². The lowest BCUT2D eigenvalue weighted by Crippen LogP contribution is -2.28. The van der Waals surface area contributed by atoms with Gasteiger partial charge in [0.15, 0.2) is 0 Å². The van der Waals surface area contributed by atoms with E-state index in [0.29, 0.717) is 19.8 Å². The van der Waals surface area contributed by atoms with Gasteiger partial charge >= 0.3 is 6.03 Å². The number of amides is 2. The predicted molar refractivity (Wildman–Crippen MR) is 90.0 cm³/mol. The van der Waals surface area contributed by atoms with Crippen LogP contribution >= 0.6 is 0 Å². The molecule has 0 fully saturated rings. The average Bonchev–Trinajstić information content (AvgIpc) is 2.59. The summed E-state index contributed by atoms with van der Waals surface area (Å²) in [6.45, 7) is 3.53. The highest BCUT2D eigenvalue weighted by Crippen LogP contribution is 2.11. The van der Waals surface area contributed by atoms with Crippen LogP contribution in [0.15, 0.2) is 48.5 Å². The molecular weight excluding hydrogens is 292 g/mol. The minimum Gasteiger partial charge on any atom is -0.392 e. The minimum atomic E-state index is -0.282. The fraction of sp³-hybridized carbons (Fsp3) is 0.278. The molecular formula is C18H22N2O3. The van der Waals surface area contributed by atoms with Crippen molar-refractivity contribution >= 4 is 11.7 Å². The Bertz CT molecular complexity index is 626. The number of hydrogen-bond acceptors (Lipinski definition) is 3. The Balaban J connectivity index is 1.84. The van der Waals surface area contributed by atoms with Crippen LogP contribution in [0.25, 0.3) is 0 Å². The number of anilines is 1. The molecule has 2 amide bonds. The Morgan fingerprint density at radius 2 is 1.78 bits per heavy atom. The summed E-state index contributed by atoms with van der Waals surface area (Å²) in [5, 5.41) is 14.8. The van der Waals surface area contributed by atoms with E-state index in [1.807, 2.05) is 55.5 Å². The number of ether oxygens (including phenoxy) is 1. The van der Waals surface area contributed by atoms with Gasteiger partial charge in [-0.25, -0.2) is 4.79 Å². The molecule has 5 nitrogen and oxygen atoms in total. The fourth-order valence-corrected chi connectivity index (χ4v) is 2.14. The Morgan fingerprint density at radius 1 is 1.09 bits per heavy atom. The van der Waals surface area contributed by atoms with Gasteiger partial charge in [0.2, 0.25) is 0 Å². The van der Waals surface area contributed by atoms with Gasteiger partial charge in [-0.3, -0.25) is 0 Å². The van der Waals surface area contributed by atoms with Gasteiger partial charge in [-0.05, 0) is 35.7 Å². The highest BCUT2D eigenvalue weighted by molar-refractivity contribution is 5.89. The molecule has 23 heavy (non-hydrogen) atoms. The summed E-state index contributed by atoms with van der Waals surface area (Å²) in [5.41, 5.74) is 3.50. The molecule has 0 saturated carbocycles. The molecule has 0 aromatic heterocycles. The molecule has 122 valence electrons. The smallest absolute Gasteiger partial charge is 0.319 e. The Kier molecular flexibility index (Phi) is 6.59. The quantitative estimate of drug-likeness (QED) is 0.735. The van der Waals surface area contributed by atoms with Crippen LogP contribution in [0.1, 0.15) is 23.6 Å². The number of rotatable bonds is 7. The van der Waals surface area contributed by atoms with Crippen LogP contribution in [-0.4, -0.2) is 17.7 Å². The normalized spacial score (nSPS) is 10.3. The average molecular weight is 314 g/mol. The van der Waals surface area contributed by atoms with E-state index in [2.05, 4.69) is 10.6 Å². The van der Waals surface area contributed by atoms with Gasteiger partial charge in [0, 0.05) is 18.8 Å². The third-order valence-corrected chi connectivity index (χ3v) is 3.41. The number of benzene rings is 2. The maximum atomic E-state index is 11.9. The lowest BCUT2D eigenvalue weighted by molar-refractivity contribution is 0.134. The summed E-state index contributed by atoms with van der Waals surface area (Å²) in [4.78, 5) is 11.9. The fourth-order valence-electron chi connectivity index (χ4n) is 2.14. The molecule has 3 N–H and O–H groups in total. The third kappa shape index (κ3) is 5.39. The van der Waals surface area contributed by atoms with Crippen LogP contribution in [0.3, 0.4) is 0 Å². The van der Waals surface area contributed by atoms with Crippen molar-refractivity contribution in [3.63, 3.8) is 0 Å². The molecule has 0 heterocycles. The van der Waals surface area contributed by atoms with Crippen LogP contribution in [0, 0.1) is 0 Å². The number of aliphatic hydroxyl groups is 1. The first-order valence-electron chi connectivity index (χ1n) is 7.62. The van der Waals surface area contributed by atoms with Gasteiger partial charge < -0.3 is 20.5 Å². The summed E-state index contributed by atoms with van der Waals surface area (Å²) in [6, 6.07) is 14.7. The van der Waals surface area contributed by atoms with Gasteiger partial charge in [0.1, 0.15) is 0 Å². The van der Waals surface area contributed by atoms with Crippen LogP contribution < -0.4 is 10.6 Å². The van der Waals surface area contributed by atoms with E-state index >= 15 is 0 Å². The summed E-state index contributed by atoms with van der Waals surface area (Å²) >= 11 is 0. The van der Waals surface area contributed by atoms with Gasteiger partial charge in [-0.15, -0.1) is 0 Å². The molecule has 5 heteroatoms. The van der Waals surface area contributed by atoms with Gasteiger partial charge in [-0.1, -0.05) is 36.4 Å². The molecule has 2 aromatic rings. The molecule has 0 aliphatic rings. The van der Waals surface area contributed by atoms with E-state index in [1.165, 1.54) is 0 Å². The van der Waals surface area contributed by atoms with Crippen LogP contribution in [0.5, 0.6) is 0 Å². The first-order chi connectivity index (χ1) is 11.2. The SMILES string of the molecule is CCOCc1ccc(NC(=O)NCc2ccccc2CO)cc1. The van der Waals surface area contributed by atoms with Crippen molar-refractivity contribution < 1.29 is 14.6 Å². The lowest BCUT2D eigenvalue weighted by Gasteiger charge is -2.10. The van der Waals surface area contributed by atoms with E-state index < -0.39 is 0 Å². The van der Waals surface area contributed by atoms with Crippen molar-refractivity contribution in [3.8, 4) is 0 Å². The predicted octanol–water partition coefficient (Wildman–Crippen LogP) is 3.04. The van der Waals surface area contributed by atoms with E-state index in [-0.39, 0.29) is 12.6 Å². The summed E-state index contributed by atoms with van der Waals surface area (Å²) in [6.07, 6.45) is 0. The number of urea groups is 1. The summed E-state index contributed by atoms with van der Waals surface area (Å²) in [5.74, 6) is 0. The highest BCUT2D eigenvalue weighted by atomic mass is 16.5. The Hall–Kier alpha value is -2.37. The van der Waals surface area contributed by atoms with Gasteiger partial charge in [-0.2, -0.15) is 0 Å². The van der Waals surface area contributed by atoms with Gasteiger partial charge in [0.05, 0.1) is 13.2 Å². The molecule has 0 atom stereocenters. The second-order valence-corrected chi connectivity index (χ2v) is 5.07. The standard InChI is InChI=1S/C18H22N2O3/c1-2-23-13-14-7-9-17(10-8-14)20-18(22)19-11-15-5-3-4-6-16(15)12-21/h3-10,21H,2,11-13H2,1H3,(H2,19,20,22). The number of nitrogens with one attached hydrogen (secondary N) is 2. The molecule has 0 aliphatic carbocycles. The van der Waals surface area contributed by atoms with Crippen molar-refractivity contribution in [3.05, 3.63) is 65.2 Å². The second-order valence-electron chi connectivity index (χ2n) is 5.07. The largest absolute Gasteiger partial charge is 0.392 e. The number of aliphatic hydroxyl groups excluding tert-OH is 1. The molecule has 2 aromatic carbocycles. The zero-order valence-corrected chi connectivity index (χ0v) is 13.2. The van der Waals surface area contributed by atoms with Crippen LogP contribution in [-0.2, 0) is 24.5 Å². The third-order valence-electron chi connectivity index (χ3n) is 3.41. The monoisotopic (exact) mass is 314 g/mol. The molecule has 0 bridgehead atoms. The molecule has 0 spiro atoms. The van der Waals surface area contributed by atoms with Crippen molar-refractivity contribution in [1.29, 1.82) is 0 Å². The number of hydrogen-bond donors (Lipinski definition) is 3. The van der Waals surface area contributed by atoms with Crippen LogP contribution in [0.4, 0.5) is 10.5 Å². The van der Waals surface area contributed by atoms with Crippen molar-refractivity contribution in [2.75, 3.05) is 11.9 Å². The van der Waals surface area contributed by atoms with E-state index in [9.17, 15) is 9.90 Å². The van der Waals surface area contributed by atoms with Crippen molar-refractivity contribution in [2.24, 2.45) is 0 Å². The zero-order valence-electron chi connectivity index (χ0n) is 13.2. The maximum absolute atomic E-state index is 11.9. The molecule has 0 aliphatic heterocycles. The lowest BCUT2D eigenvalue weighted by atomic mass is 10.1. The Labute approximate surface area is 136 Å². The minimum absolute atomic E-state index is 0.0409. The van der Waals surface area contributed by atoms with E-state index in [4.69, 9.17) is 4.74 Å². The maximum Gasteiger partial charge on any atom is 0.319 e. The zero-order chi connectivity index (χ0) is 16.5. The van der Waals surface area contributed by atoms with Crippen molar-refractivity contribution in [1.82, 2.24) is 5.32 Å². The van der Waals surface area contributed by atoms with Crippen molar-refractivity contribution in [2.45, 2.75) is 26.7 Å². The number of carbonyl (C=O) groups is 1. The highest BCUT2D eigenvalue weighted by Gasteiger charge is 2.04. The first-order valence-corrected chi connectivity index (χ1v) is 7.62. The van der Waals surface area contributed by atoms with E-state index in [1.54, 1.807) is 0 Å². The summed E-state index contributed by atoms with van der Waals surface area (Å²) < 4.78 is 5.33. The summed E-state index contributed by atoms with van der Waals surface area (Å²) in [7, 11) is 0. The number of carbonyl (C=O) groups excluding carboxylic acids is 1. The van der Waals surface area contributed by atoms with Gasteiger partial charge in [0.25, 0.3) is 0 Å². The molecule has 0 radical (unpaired) electrons. The molecule has 2 rings (SSSR count). The Morgan fingerprint density at radius 3 is 2.43 bits per heavy atom. The molecule has 0 unspecified atom stereocenters.